The van der Waals surface area contributed by atoms with Gasteiger partial charge in [-0.3, -0.25) is 4.79 Å². The molecule has 0 aliphatic rings. The van der Waals surface area contributed by atoms with Crippen LogP contribution < -0.4 is 5.32 Å². The summed E-state index contributed by atoms with van der Waals surface area (Å²) in [6.07, 6.45) is 4.82. The maximum absolute atomic E-state index is 12.2. The molecule has 0 spiro atoms. The van der Waals surface area contributed by atoms with Crippen LogP contribution in [-0.4, -0.2) is 11.0 Å². The zero-order valence-electron chi connectivity index (χ0n) is 16.0. The summed E-state index contributed by atoms with van der Waals surface area (Å²) in [7, 11) is 0. The number of anilines is 1. The molecule has 2 N–H and O–H groups in total. The number of aromatic hydroxyl groups is 1. The molecular formula is C24H25NO2. The third-order valence-corrected chi connectivity index (χ3v) is 5.02. The number of amides is 1. The molecule has 3 nitrogen and oxygen atoms in total. The summed E-state index contributed by atoms with van der Waals surface area (Å²) in [6, 6.07) is 19.3. The first-order valence-electron chi connectivity index (χ1n) is 9.20. The van der Waals surface area contributed by atoms with E-state index >= 15 is 0 Å². The monoisotopic (exact) mass is 359 g/mol. The Morgan fingerprint density at radius 2 is 1.67 bits per heavy atom. The molecule has 0 saturated carbocycles. The number of hydrogen-bond acceptors (Lipinski definition) is 2. The first-order chi connectivity index (χ1) is 12.9. The average Bonchev–Trinajstić information content (AvgIpc) is 2.68. The minimum atomic E-state index is -0.375. The standard InChI is InChI=1S/C24H25NO2/c1-4-24(2,3)23(27)25-20-14-11-17(12-15-20)8-9-18-10-13-19-6-5-7-22(26)21(19)16-18/h5-16,26H,4H2,1-3H3,(H,25,27)/b9-8+. The largest absolute Gasteiger partial charge is 0.507 e. The lowest BCUT2D eigenvalue weighted by Gasteiger charge is -2.21. The van der Waals surface area contributed by atoms with Crippen LogP contribution in [-0.2, 0) is 4.79 Å². The van der Waals surface area contributed by atoms with Gasteiger partial charge in [0.15, 0.2) is 0 Å². The molecule has 138 valence electrons. The van der Waals surface area contributed by atoms with E-state index in [-0.39, 0.29) is 17.1 Å². The van der Waals surface area contributed by atoms with Gasteiger partial charge in [-0.05, 0) is 47.2 Å². The Bertz CT molecular complexity index is 985. The van der Waals surface area contributed by atoms with Gasteiger partial charge in [0.05, 0.1) is 0 Å². The van der Waals surface area contributed by atoms with Crippen molar-refractivity contribution in [3.05, 3.63) is 71.8 Å². The molecule has 0 aromatic heterocycles. The first-order valence-corrected chi connectivity index (χ1v) is 9.20. The van der Waals surface area contributed by atoms with Gasteiger partial charge in [0, 0.05) is 16.5 Å². The molecule has 0 atom stereocenters. The number of phenolic OH excluding ortho intramolecular Hbond substituents is 1. The lowest BCUT2D eigenvalue weighted by Crippen LogP contribution is -2.29. The molecule has 0 radical (unpaired) electrons. The zero-order chi connectivity index (χ0) is 19.4. The molecule has 0 aliphatic carbocycles. The molecular weight excluding hydrogens is 334 g/mol. The summed E-state index contributed by atoms with van der Waals surface area (Å²) in [5, 5.41) is 14.8. The van der Waals surface area contributed by atoms with Crippen LogP contribution in [0, 0.1) is 5.41 Å². The molecule has 0 aliphatic heterocycles. The molecule has 3 heteroatoms. The van der Waals surface area contributed by atoms with Gasteiger partial charge in [-0.25, -0.2) is 0 Å². The quantitative estimate of drug-likeness (QED) is 0.542. The summed E-state index contributed by atoms with van der Waals surface area (Å²) in [4.78, 5) is 12.2. The summed E-state index contributed by atoms with van der Waals surface area (Å²) in [5.74, 6) is 0.321. The second kappa shape index (κ2) is 7.67. The van der Waals surface area contributed by atoms with Crippen LogP contribution in [0.5, 0.6) is 5.75 Å². The lowest BCUT2D eigenvalue weighted by atomic mass is 9.89. The summed E-state index contributed by atoms with van der Waals surface area (Å²) in [6.45, 7) is 5.90. The number of benzene rings is 3. The highest BCUT2D eigenvalue weighted by Crippen LogP contribution is 2.26. The number of carbonyl (C=O) groups is 1. The second-order valence-electron chi connectivity index (χ2n) is 7.40. The van der Waals surface area contributed by atoms with E-state index in [1.54, 1.807) is 6.07 Å². The SMILES string of the molecule is CCC(C)(C)C(=O)Nc1ccc(/C=C/c2ccc3cccc(O)c3c2)cc1. The van der Waals surface area contributed by atoms with E-state index in [0.29, 0.717) is 0 Å². The Hall–Kier alpha value is -3.07. The summed E-state index contributed by atoms with van der Waals surface area (Å²) >= 11 is 0. The van der Waals surface area contributed by atoms with Crippen LogP contribution in [0.1, 0.15) is 38.3 Å². The third kappa shape index (κ3) is 4.37. The van der Waals surface area contributed by atoms with Crippen molar-refractivity contribution in [1.29, 1.82) is 0 Å². The van der Waals surface area contributed by atoms with Gasteiger partial charge >= 0.3 is 0 Å². The normalized spacial score (nSPS) is 11.8. The van der Waals surface area contributed by atoms with Gasteiger partial charge in [0.1, 0.15) is 5.75 Å². The molecule has 0 bridgehead atoms. The van der Waals surface area contributed by atoms with Crippen LogP contribution in [0.4, 0.5) is 5.69 Å². The van der Waals surface area contributed by atoms with Crippen molar-refractivity contribution in [2.45, 2.75) is 27.2 Å². The van der Waals surface area contributed by atoms with E-state index in [1.807, 2.05) is 87.5 Å². The highest BCUT2D eigenvalue weighted by atomic mass is 16.3. The maximum atomic E-state index is 12.2. The number of hydrogen-bond donors (Lipinski definition) is 2. The fourth-order valence-electron chi connectivity index (χ4n) is 2.71. The van der Waals surface area contributed by atoms with Crippen molar-refractivity contribution >= 4 is 34.5 Å². The molecule has 27 heavy (non-hydrogen) atoms. The molecule has 0 heterocycles. The predicted octanol–water partition coefficient (Wildman–Crippen LogP) is 6.09. The van der Waals surface area contributed by atoms with Crippen molar-refractivity contribution in [1.82, 2.24) is 0 Å². The van der Waals surface area contributed by atoms with E-state index in [2.05, 4.69) is 5.32 Å². The Balaban J connectivity index is 1.73. The number of rotatable bonds is 5. The highest BCUT2D eigenvalue weighted by Gasteiger charge is 2.25. The van der Waals surface area contributed by atoms with Gasteiger partial charge in [0.25, 0.3) is 0 Å². The highest BCUT2D eigenvalue weighted by molar-refractivity contribution is 5.95. The van der Waals surface area contributed by atoms with Crippen molar-refractivity contribution in [3.63, 3.8) is 0 Å². The van der Waals surface area contributed by atoms with Crippen LogP contribution in [0.15, 0.2) is 60.7 Å². The predicted molar refractivity (Wildman–Crippen MR) is 114 cm³/mol. The lowest BCUT2D eigenvalue weighted by molar-refractivity contribution is -0.124. The molecule has 0 unspecified atom stereocenters. The van der Waals surface area contributed by atoms with Gasteiger partial charge in [-0.15, -0.1) is 0 Å². The number of carbonyl (C=O) groups excluding carboxylic acids is 1. The smallest absolute Gasteiger partial charge is 0.230 e. The number of nitrogens with one attached hydrogen (secondary N) is 1. The minimum Gasteiger partial charge on any atom is -0.507 e. The van der Waals surface area contributed by atoms with E-state index in [4.69, 9.17) is 0 Å². The van der Waals surface area contributed by atoms with Crippen molar-refractivity contribution in [2.24, 2.45) is 5.41 Å². The Morgan fingerprint density at radius 3 is 2.37 bits per heavy atom. The van der Waals surface area contributed by atoms with Crippen LogP contribution in [0.25, 0.3) is 22.9 Å². The minimum absolute atomic E-state index is 0.0317. The van der Waals surface area contributed by atoms with E-state index < -0.39 is 0 Å². The van der Waals surface area contributed by atoms with Gasteiger partial charge in [-0.2, -0.15) is 0 Å². The van der Waals surface area contributed by atoms with Crippen molar-refractivity contribution < 1.29 is 9.90 Å². The third-order valence-electron chi connectivity index (χ3n) is 5.02. The second-order valence-corrected chi connectivity index (χ2v) is 7.40. The average molecular weight is 359 g/mol. The van der Waals surface area contributed by atoms with E-state index in [1.165, 1.54) is 0 Å². The Labute approximate surface area is 160 Å². The van der Waals surface area contributed by atoms with Crippen molar-refractivity contribution in [3.8, 4) is 5.75 Å². The van der Waals surface area contributed by atoms with E-state index in [9.17, 15) is 9.90 Å². The van der Waals surface area contributed by atoms with Crippen LogP contribution in [0.2, 0.25) is 0 Å². The molecule has 3 rings (SSSR count). The summed E-state index contributed by atoms with van der Waals surface area (Å²) < 4.78 is 0. The van der Waals surface area contributed by atoms with Crippen LogP contribution >= 0.6 is 0 Å². The molecule has 1 amide bonds. The fraction of sp³-hybridized carbons (Fsp3) is 0.208. The zero-order valence-corrected chi connectivity index (χ0v) is 16.0. The first kappa shape index (κ1) is 18.7. The molecule has 0 fully saturated rings. The molecule has 0 saturated heterocycles. The van der Waals surface area contributed by atoms with Gasteiger partial charge in [0.2, 0.25) is 5.91 Å². The molecule has 3 aromatic rings. The maximum Gasteiger partial charge on any atom is 0.230 e. The topological polar surface area (TPSA) is 49.3 Å². The number of phenols is 1. The van der Waals surface area contributed by atoms with Crippen molar-refractivity contribution in [2.75, 3.05) is 5.32 Å². The molecule has 3 aromatic carbocycles. The Morgan fingerprint density at radius 1 is 1.00 bits per heavy atom. The van der Waals surface area contributed by atoms with Gasteiger partial charge < -0.3 is 10.4 Å². The fourth-order valence-corrected chi connectivity index (χ4v) is 2.71. The number of fused-ring (bicyclic) bond motifs is 1. The van der Waals surface area contributed by atoms with Gasteiger partial charge in [-0.1, -0.05) is 69.3 Å². The van der Waals surface area contributed by atoms with Crippen LogP contribution in [0.3, 0.4) is 0 Å². The Kier molecular flexibility index (Phi) is 5.31. The summed E-state index contributed by atoms with van der Waals surface area (Å²) in [5.41, 5.74) is 2.49. The van der Waals surface area contributed by atoms with E-state index in [0.717, 1.165) is 34.0 Å².